The number of nitrogen functional groups attached to an aromatic ring is 1. The van der Waals surface area contributed by atoms with E-state index in [1.807, 2.05) is 6.07 Å². The summed E-state index contributed by atoms with van der Waals surface area (Å²) < 4.78 is 0.899. The average Bonchev–Trinajstić information content (AvgIpc) is 3.03. The van der Waals surface area contributed by atoms with Gasteiger partial charge in [-0.25, -0.2) is 9.78 Å². The topological polar surface area (TPSA) is 138 Å². The SMILES string of the molecule is Nc1nc2ccc(NCC(=O)NC3C(=O)N4C(C(=O)O)=C(Cl)CS[C@@H]34)cc2s1. The Bertz CT molecular complexity index is 1040. The van der Waals surface area contributed by atoms with Crippen LogP contribution in [0.25, 0.3) is 10.2 Å². The van der Waals surface area contributed by atoms with Gasteiger partial charge >= 0.3 is 5.97 Å². The highest BCUT2D eigenvalue weighted by Crippen LogP contribution is 2.41. The van der Waals surface area contributed by atoms with Crippen LogP contribution in [0, 0.1) is 0 Å². The van der Waals surface area contributed by atoms with Crippen molar-refractivity contribution in [2.75, 3.05) is 23.3 Å². The lowest BCUT2D eigenvalue weighted by Gasteiger charge is -2.48. The van der Waals surface area contributed by atoms with Crippen molar-refractivity contribution in [1.29, 1.82) is 0 Å². The van der Waals surface area contributed by atoms with E-state index in [0.717, 1.165) is 20.8 Å². The summed E-state index contributed by atoms with van der Waals surface area (Å²) in [5.74, 6) is -1.84. The number of hydrogen-bond donors (Lipinski definition) is 4. The van der Waals surface area contributed by atoms with Crippen LogP contribution in [0.15, 0.2) is 28.9 Å². The number of thioether (sulfide) groups is 1. The Labute approximate surface area is 171 Å². The van der Waals surface area contributed by atoms with Gasteiger partial charge in [0.1, 0.15) is 17.1 Å². The molecule has 0 spiro atoms. The number of halogens is 1. The molecule has 28 heavy (non-hydrogen) atoms. The number of carbonyl (C=O) groups is 3. The van der Waals surface area contributed by atoms with Crippen molar-refractivity contribution < 1.29 is 19.5 Å². The molecule has 1 aromatic heterocycles. The summed E-state index contributed by atoms with van der Waals surface area (Å²) in [4.78, 5) is 41.2. The summed E-state index contributed by atoms with van der Waals surface area (Å²) in [5.41, 5.74) is 6.98. The standard InChI is InChI=1S/C16H14ClN5O4S2/c17-7-5-27-14-11(13(24)22(14)12(7)15(25)26)21-10(23)4-19-6-1-2-8-9(3-6)28-16(18)20-8/h1-3,11,14,19H,4-5H2,(H2,18,20)(H,21,23)(H,25,26)/t11?,14-/m0/s1. The molecule has 1 saturated heterocycles. The number of thiazole rings is 1. The van der Waals surface area contributed by atoms with Crippen molar-refractivity contribution >= 4 is 73.5 Å². The van der Waals surface area contributed by atoms with Crippen molar-refractivity contribution in [3.63, 3.8) is 0 Å². The first-order valence-electron chi connectivity index (χ1n) is 8.11. The first kappa shape index (κ1) is 18.8. The van der Waals surface area contributed by atoms with Gasteiger partial charge < -0.3 is 21.5 Å². The highest BCUT2D eigenvalue weighted by molar-refractivity contribution is 8.00. The van der Waals surface area contributed by atoms with E-state index in [1.54, 1.807) is 12.1 Å². The third-order valence-electron chi connectivity index (χ3n) is 4.30. The first-order valence-corrected chi connectivity index (χ1v) is 10.4. The average molecular weight is 440 g/mol. The van der Waals surface area contributed by atoms with Gasteiger partial charge in [-0.15, -0.1) is 11.8 Å². The van der Waals surface area contributed by atoms with Crippen LogP contribution in [0.5, 0.6) is 0 Å². The number of carbonyl (C=O) groups excluding carboxylic acids is 2. The quantitative estimate of drug-likeness (QED) is 0.510. The Morgan fingerprint density at radius 3 is 2.96 bits per heavy atom. The van der Waals surface area contributed by atoms with E-state index in [2.05, 4.69) is 15.6 Å². The second-order valence-electron chi connectivity index (χ2n) is 6.10. The first-order chi connectivity index (χ1) is 13.3. The second kappa shape index (κ2) is 7.15. The lowest BCUT2D eigenvalue weighted by Crippen LogP contribution is -2.70. The molecule has 0 aliphatic carbocycles. The molecule has 2 aliphatic rings. The molecule has 0 bridgehead atoms. The van der Waals surface area contributed by atoms with Gasteiger partial charge in [0.15, 0.2) is 5.13 Å². The van der Waals surface area contributed by atoms with E-state index in [4.69, 9.17) is 17.3 Å². The number of carboxylic acids is 1. The van der Waals surface area contributed by atoms with Crippen LogP contribution in [-0.4, -0.2) is 56.5 Å². The van der Waals surface area contributed by atoms with E-state index in [0.29, 0.717) is 5.13 Å². The number of β-lactam (4-membered cyclic amide) rings is 1. The van der Waals surface area contributed by atoms with Gasteiger partial charge in [0, 0.05) is 11.4 Å². The number of fused-ring (bicyclic) bond motifs is 2. The number of hydrogen-bond acceptors (Lipinski definition) is 8. The molecular weight excluding hydrogens is 426 g/mol. The summed E-state index contributed by atoms with van der Waals surface area (Å²) in [6, 6.07) is 4.66. The highest BCUT2D eigenvalue weighted by atomic mass is 35.5. The predicted molar refractivity (Wildman–Crippen MR) is 108 cm³/mol. The Morgan fingerprint density at radius 2 is 2.21 bits per heavy atom. The number of anilines is 2. The minimum atomic E-state index is -1.26. The molecule has 0 radical (unpaired) electrons. The van der Waals surface area contributed by atoms with Crippen molar-refractivity contribution in [2.45, 2.75) is 11.4 Å². The molecule has 2 aliphatic heterocycles. The molecule has 9 nitrogen and oxygen atoms in total. The van der Waals surface area contributed by atoms with Crippen LogP contribution in [0.4, 0.5) is 10.8 Å². The molecule has 146 valence electrons. The third kappa shape index (κ3) is 3.25. The maximum absolute atomic E-state index is 12.3. The lowest BCUT2D eigenvalue weighted by molar-refractivity contribution is -0.150. The predicted octanol–water partition coefficient (Wildman–Crippen LogP) is 1.23. The zero-order valence-corrected chi connectivity index (χ0v) is 16.5. The lowest BCUT2D eigenvalue weighted by atomic mass is 10.1. The number of nitrogens with one attached hydrogen (secondary N) is 2. The van der Waals surface area contributed by atoms with Gasteiger partial charge in [0.25, 0.3) is 5.91 Å². The molecule has 2 amide bonds. The van der Waals surface area contributed by atoms with Gasteiger partial charge in [0.2, 0.25) is 5.91 Å². The summed E-state index contributed by atoms with van der Waals surface area (Å²) in [5, 5.41) is 15.0. The Kier molecular flexibility index (Phi) is 4.81. The monoisotopic (exact) mass is 439 g/mol. The summed E-state index contributed by atoms with van der Waals surface area (Å²) in [7, 11) is 0. The van der Waals surface area contributed by atoms with Crippen LogP contribution >= 0.6 is 34.7 Å². The number of nitrogens with zero attached hydrogens (tertiary/aromatic N) is 2. The highest BCUT2D eigenvalue weighted by Gasteiger charge is 2.54. The summed E-state index contributed by atoms with van der Waals surface area (Å²) in [6.07, 6.45) is 0. The molecule has 0 saturated carbocycles. The molecule has 4 rings (SSSR count). The molecular formula is C16H14ClN5O4S2. The van der Waals surface area contributed by atoms with E-state index < -0.39 is 23.3 Å². The minimum Gasteiger partial charge on any atom is -0.477 e. The molecule has 2 atom stereocenters. The van der Waals surface area contributed by atoms with Crippen LogP contribution in [0.1, 0.15) is 0 Å². The number of benzene rings is 1. The number of aromatic nitrogens is 1. The Balaban J connectivity index is 1.37. The van der Waals surface area contributed by atoms with Gasteiger partial charge in [-0.05, 0) is 18.2 Å². The fraction of sp³-hybridized carbons (Fsp3) is 0.250. The number of rotatable bonds is 5. The van der Waals surface area contributed by atoms with Crippen LogP contribution < -0.4 is 16.4 Å². The van der Waals surface area contributed by atoms with Crippen LogP contribution in [-0.2, 0) is 14.4 Å². The number of carboxylic acid groups (broad SMARTS) is 1. The number of amides is 2. The molecule has 1 fully saturated rings. The smallest absolute Gasteiger partial charge is 0.353 e. The van der Waals surface area contributed by atoms with Crippen molar-refractivity contribution in [2.24, 2.45) is 0 Å². The maximum Gasteiger partial charge on any atom is 0.353 e. The van der Waals surface area contributed by atoms with Crippen molar-refractivity contribution in [1.82, 2.24) is 15.2 Å². The van der Waals surface area contributed by atoms with E-state index in [-0.39, 0.29) is 28.9 Å². The maximum atomic E-state index is 12.3. The Morgan fingerprint density at radius 1 is 1.43 bits per heavy atom. The summed E-state index contributed by atoms with van der Waals surface area (Å²) in [6.45, 7) is -0.0384. The van der Waals surface area contributed by atoms with E-state index >= 15 is 0 Å². The van der Waals surface area contributed by atoms with E-state index in [1.165, 1.54) is 23.1 Å². The normalized spacial score (nSPS) is 21.3. The summed E-state index contributed by atoms with van der Waals surface area (Å²) >= 11 is 8.59. The molecule has 3 heterocycles. The minimum absolute atomic E-state index is 0.0384. The third-order valence-corrected chi connectivity index (χ3v) is 6.90. The number of nitrogens with two attached hydrogens (primary N) is 1. The largest absolute Gasteiger partial charge is 0.477 e. The van der Waals surface area contributed by atoms with Gasteiger partial charge in [0.05, 0.1) is 21.8 Å². The molecule has 1 aromatic carbocycles. The molecule has 2 aromatic rings. The fourth-order valence-electron chi connectivity index (χ4n) is 3.04. The molecule has 5 N–H and O–H groups in total. The van der Waals surface area contributed by atoms with Crippen molar-refractivity contribution in [3.8, 4) is 0 Å². The van der Waals surface area contributed by atoms with Crippen molar-refractivity contribution in [3.05, 3.63) is 28.9 Å². The van der Waals surface area contributed by atoms with Crippen LogP contribution in [0.3, 0.4) is 0 Å². The molecule has 12 heteroatoms. The van der Waals surface area contributed by atoms with Gasteiger partial charge in [-0.3, -0.25) is 14.5 Å². The molecule has 1 unspecified atom stereocenters. The zero-order valence-electron chi connectivity index (χ0n) is 14.1. The zero-order chi connectivity index (χ0) is 20.0. The Hall–Kier alpha value is -2.50. The van der Waals surface area contributed by atoms with E-state index in [9.17, 15) is 19.5 Å². The van der Waals surface area contributed by atoms with Crippen LogP contribution in [0.2, 0.25) is 0 Å². The number of aliphatic carboxylic acids is 1. The second-order valence-corrected chi connectivity index (χ2v) is 8.73. The van der Waals surface area contributed by atoms with Gasteiger partial charge in [-0.2, -0.15) is 0 Å². The van der Waals surface area contributed by atoms with Gasteiger partial charge in [-0.1, -0.05) is 22.9 Å². The fourth-order valence-corrected chi connectivity index (χ4v) is 5.36.